The van der Waals surface area contributed by atoms with Crippen molar-refractivity contribution in [1.82, 2.24) is 5.32 Å². The van der Waals surface area contributed by atoms with Crippen LogP contribution in [0.15, 0.2) is 42.5 Å². The van der Waals surface area contributed by atoms with E-state index in [9.17, 15) is 4.79 Å². The Labute approximate surface area is 128 Å². The van der Waals surface area contributed by atoms with E-state index in [1.165, 1.54) is 0 Å². The summed E-state index contributed by atoms with van der Waals surface area (Å²) in [6.45, 7) is 0.518. The highest BCUT2D eigenvalue weighted by atomic mass is 35.5. The van der Waals surface area contributed by atoms with Crippen LogP contribution in [0.2, 0.25) is 5.02 Å². The highest BCUT2D eigenvalue weighted by molar-refractivity contribution is 6.30. The van der Waals surface area contributed by atoms with Crippen LogP contribution in [-0.4, -0.2) is 19.6 Å². The fourth-order valence-corrected chi connectivity index (χ4v) is 2.20. The van der Waals surface area contributed by atoms with E-state index in [-0.39, 0.29) is 5.91 Å². The first kappa shape index (κ1) is 15.2. The molecule has 0 bridgehead atoms. The minimum atomic E-state index is -0.197. The zero-order chi connectivity index (χ0) is 15.2. The van der Waals surface area contributed by atoms with E-state index in [1.807, 2.05) is 24.3 Å². The van der Waals surface area contributed by atoms with Gasteiger partial charge in [0.05, 0.1) is 12.7 Å². The molecule has 0 spiro atoms. The van der Waals surface area contributed by atoms with Crippen LogP contribution in [-0.2, 0) is 6.42 Å². The van der Waals surface area contributed by atoms with Gasteiger partial charge in [0, 0.05) is 23.3 Å². The quantitative estimate of drug-likeness (QED) is 0.835. The minimum Gasteiger partial charge on any atom is -0.497 e. The summed E-state index contributed by atoms with van der Waals surface area (Å²) in [5, 5.41) is 3.54. The number of nitrogens with one attached hydrogen (secondary N) is 1. The maximum Gasteiger partial charge on any atom is 0.253 e. The summed E-state index contributed by atoms with van der Waals surface area (Å²) in [6, 6.07) is 12.6. The number of amides is 1. The Morgan fingerprint density at radius 1 is 1.29 bits per heavy atom. The SMILES string of the molecule is COc1ccc(C(=O)NCCc2cccc(Cl)c2)c(N)c1. The third-order valence-electron chi connectivity index (χ3n) is 3.09. The second kappa shape index (κ2) is 6.99. The number of nitrogens with two attached hydrogens (primary N) is 1. The van der Waals surface area contributed by atoms with Gasteiger partial charge in [-0.1, -0.05) is 23.7 Å². The number of hydrogen-bond acceptors (Lipinski definition) is 3. The van der Waals surface area contributed by atoms with E-state index in [0.717, 1.165) is 5.56 Å². The molecule has 0 saturated carbocycles. The maximum absolute atomic E-state index is 12.1. The van der Waals surface area contributed by atoms with Crippen molar-refractivity contribution in [3.63, 3.8) is 0 Å². The van der Waals surface area contributed by atoms with Crippen molar-refractivity contribution in [1.29, 1.82) is 0 Å². The van der Waals surface area contributed by atoms with Gasteiger partial charge in [-0.15, -0.1) is 0 Å². The molecule has 0 unspecified atom stereocenters. The van der Waals surface area contributed by atoms with E-state index >= 15 is 0 Å². The first-order valence-corrected chi connectivity index (χ1v) is 6.94. The number of hydrogen-bond donors (Lipinski definition) is 2. The van der Waals surface area contributed by atoms with E-state index in [1.54, 1.807) is 25.3 Å². The van der Waals surface area contributed by atoms with Gasteiger partial charge in [-0.3, -0.25) is 4.79 Å². The summed E-state index contributed by atoms with van der Waals surface area (Å²) in [5.74, 6) is 0.431. The average molecular weight is 305 g/mol. The number of nitrogen functional groups attached to an aromatic ring is 1. The third kappa shape index (κ3) is 4.13. The van der Waals surface area contributed by atoms with Crippen LogP contribution < -0.4 is 15.8 Å². The van der Waals surface area contributed by atoms with Crippen LogP contribution in [0.1, 0.15) is 15.9 Å². The monoisotopic (exact) mass is 304 g/mol. The zero-order valence-corrected chi connectivity index (χ0v) is 12.5. The van der Waals surface area contributed by atoms with Crippen molar-refractivity contribution in [3.8, 4) is 5.75 Å². The van der Waals surface area contributed by atoms with Gasteiger partial charge in [0.2, 0.25) is 0 Å². The predicted octanol–water partition coefficient (Wildman–Crippen LogP) is 2.90. The largest absolute Gasteiger partial charge is 0.497 e. The number of halogens is 1. The van der Waals surface area contributed by atoms with Crippen LogP contribution in [0.3, 0.4) is 0 Å². The molecule has 2 rings (SSSR count). The van der Waals surface area contributed by atoms with Crippen LogP contribution in [0.25, 0.3) is 0 Å². The van der Waals surface area contributed by atoms with E-state index < -0.39 is 0 Å². The lowest BCUT2D eigenvalue weighted by Crippen LogP contribution is -2.26. The second-order valence-electron chi connectivity index (χ2n) is 4.59. The van der Waals surface area contributed by atoms with Crippen molar-refractivity contribution >= 4 is 23.2 Å². The summed E-state index contributed by atoms with van der Waals surface area (Å²) >= 11 is 5.92. The Hall–Kier alpha value is -2.20. The number of carbonyl (C=O) groups is 1. The van der Waals surface area contributed by atoms with Gasteiger partial charge >= 0.3 is 0 Å². The summed E-state index contributed by atoms with van der Waals surface area (Å²) < 4.78 is 5.06. The van der Waals surface area contributed by atoms with E-state index in [4.69, 9.17) is 22.1 Å². The van der Waals surface area contributed by atoms with E-state index in [0.29, 0.717) is 35.0 Å². The zero-order valence-electron chi connectivity index (χ0n) is 11.7. The molecule has 110 valence electrons. The molecular formula is C16H17ClN2O2. The first-order valence-electron chi connectivity index (χ1n) is 6.56. The lowest BCUT2D eigenvalue weighted by atomic mass is 10.1. The third-order valence-corrected chi connectivity index (χ3v) is 3.33. The molecule has 2 aromatic carbocycles. The molecule has 2 aromatic rings. The normalized spacial score (nSPS) is 10.2. The highest BCUT2D eigenvalue weighted by Gasteiger charge is 2.09. The fraction of sp³-hybridized carbons (Fsp3) is 0.188. The van der Waals surface area contributed by atoms with Crippen molar-refractivity contribution in [2.45, 2.75) is 6.42 Å². The van der Waals surface area contributed by atoms with Crippen LogP contribution in [0.5, 0.6) is 5.75 Å². The summed E-state index contributed by atoms with van der Waals surface area (Å²) in [7, 11) is 1.56. The van der Waals surface area contributed by atoms with Crippen molar-refractivity contribution in [3.05, 3.63) is 58.6 Å². The molecule has 5 heteroatoms. The van der Waals surface area contributed by atoms with Gasteiger partial charge in [-0.2, -0.15) is 0 Å². The number of benzene rings is 2. The van der Waals surface area contributed by atoms with Crippen LogP contribution in [0, 0.1) is 0 Å². The summed E-state index contributed by atoms with van der Waals surface area (Å²) in [6.07, 6.45) is 0.711. The molecule has 0 aliphatic heterocycles. The molecule has 0 radical (unpaired) electrons. The van der Waals surface area contributed by atoms with Gasteiger partial charge in [-0.05, 0) is 36.2 Å². The molecule has 0 aromatic heterocycles. The van der Waals surface area contributed by atoms with E-state index in [2.05, 4.69) is 5.32 Å². The number of rotatable bonds is 5. The van der Waals surface area contributed by atoms with Gasteiger partial charge in [0.1, 0.15) is 5.75 Å². The standard InChI is InChI=1S/C16H17ClN2O2/c1-21-13-5-6-14(15(18)10-13)16(20)19-8-7-11-3-2-4-12(17)9-11/h2-6,9-10H,7-8,18H2,1H3,(H,19,20). The topological polar surface area (TPSA) is 64.3 Å². The lowest BCUT2D eigenvalue weighted by molar-refractivity contribution is 0.0955. The second-order valence-corrected chi connectivity index (χ2v) is 5.03. The van der Waals surface area contributed by atoms with Crippen LogP contribution >= 0.6 is 11.6 Å². The molecule has 1 amide bonds. The van der Waals surface area contributed by atoms with Gasteiger partial charge in [0.25, 0.3) is 5.91 Å². The Balaban J connectivity index is 1.93. The van der Waals surface area contributed by atoms with Gasteiger partial charge in [-0.25, -0.2) is 0 Å². The Bertz CT molecular complexity index is 644. The number of carbonyl (C=O) groups excluding carboxylic acids is 1. The molecule has 0 saturated heterocycles. The molecule has 0 aliphatic rings. The first-order chi connectivity index (χ1) is 10.1. The Morgan fingerprint density at radius 2 is 2.10 bits per heavy atom. The molecule has 0 atom stereocenters. The Morgan fingerprint density at radius 3 is 2.76 bits per heavy atom. The highest BCUT2D eigenvalue weighted by Crippen LogP contribution is 2.19. The molecule has 3 N–H and O–H groups in total. The van der Waals surface area contributed by atoms with Crippen molar-refractivity contribution in [2.75, 3.05) is 19.4 Å². The van der Waals surface area contributed by atoms with Gasteiger partial charge in [0.15, 0.2) is 0 Å². The summed E-state index contributed by atoms with van der Waals surface area (Å²) in [5.41, 5.74) is 7.76. The lowest BCUT2D eigenvalue weighted by Gasteiger charge is -2.09. The Kier molecular flexibility index (Phi) is 5.06. The number of anilines is 1. The van der Waals surface area contributed by atoms with Crippen LogP contribution in [0.4, 0.5) is 5.69 Å². The molecular weight excluding hydrogens is 288 g/mol. The fourth-order valence-electron chi connectivity index (χ4n) is 1.98. The molecule has 4 nitrogen and oxygen atoms in total. The molecule has 0 aliphatic carbocycles. The molecule has 0 fully saturated rings. The smallest absolute Gasteiger partial charge is 0.253 e. The summed E-state index contributed by atoms with van der Waals surface area (Å²) in [4.78, 5) is 12.1. The predicted molar refractivity (Wildman–Crippen MR) is 84.9 cm³/mol. The number of methoxy groups -OCH3 is 1. The molecule has 21 heavy (non-hydrogen) atoms. The van der Waals surface area contributed by atoms with Gasteiger partial charge < -0.3 is 15.8 Å². The molecule has 0 heterocycles. The minimum absolute atomic E-state index is 0.197. The van der Waals surface area contributed by atoms with Crippen molar-refractivity contribution < 1.29 is 9.53 Å². The maximum atomic E-state index is 12.1. The number of ether oxygens (including phenoxy) is 1. The average Bonchev–Trinajstić information content (AvgIpc) is 2.47. The van der Waals surface area contributed by atoms with Crippen molar-refractivity contribution in [2.24, 2.45) is 0 Å².